The van der Waals surface area contributed by atoms with Crippen LogP contribution in [0.5, 0.6) is 0 Å². The summed E-state index contributed by atoms with van der Waals surface area (Å²) in [5.74, 6) is -0.379. The lowest BCUT2D eigenvalue weighted by molar-refractivity contribution is -0.153. The largest absolute Gasteiger partial charge is 0.481 e. The number of benzene rings is 1. The zero-order valence-corrected chi connectivity index (χ0v) is 16.9. The molecule has 1 saturated heterocycles. The van der Waals surface area contributed by atoms with Gasteiger partial charge in [0.05, 0.1) is 17.0 Å². The van der Waals surface area contributed by atoms with Crippen molar-refractivity contribution in [3.63, 3.8) is 0 Å². The van der Waals surface area contributed by atoms with Gasteiger partial charge in [-0.15, -0.1) is 0 Å². The van der Waals surface area contributed by atoms with Crippen LogP contribution in [0.2, 0.25) is 0 Å². The van der Waals surface area contributed by atoms with Gasteiger partial charge in [-0.25, -0.2) is 0 Å². The number of aliphatic carboxylic acids is 1. The molecule has 1 spiro atoms. The lowest BCUT2D eigenvalue weighted by Gasteiger charge is -2.48. The van der Waals surface area contributed by atoms with Crippen molar-refractivity contribution in [2.75, 3.05) is 13.1 Å². The maximum atomic E-state index is 12.7. The Labute approximate surface area is 167 Å². The lowest BCUT2D eigenvalue weighted by atomic mass is 9.59. The van der Waals surface area contributed by atoms with Crippen LogP contribution in [0.15, 0.2) is 24.3 Å². The molecule has 28 heavy (non-hydrogen) atoms. The van der Waals surface area contributed by atoms with Crippen LogP contribution in [-0.2, 0) is 4.79 Å². The molecule has 1 aliphatic carbocycles. The molecule has 1 saturated carbocycles. The van der Waals surface area contributed by atoms with Crippen molar-refractivity contribution in [1.82, 2.24) is 4.90 Å². The molecule has 2 aliphatic rings. The number of carbonyl (C=O) groups is 2. The third-order valence-electron chi connectivity index (χ3n) is 7.54. The molecule has 1 N–H and O–H groups in total. The number of carbonyl (C=O) groups excluding carboxylic acids is 1. The summed E-state index contributed by atoms with van der Waals surface area (Å²) in [6.07, 6.45) is 6.75. The maximum absolute atomic E-state index is 12.7. The molecular weight excluding hydrogens is 352 g/mol. The van der Waals surface area contributed by atoms with E-state index in [9.17, 15) is 14.7 Å². The van der Waals surface area contributed by atoms with Gasteiger partial charge in [-0.3, -0.25) is 9.59 Å². The summed E-state index contributed by atoms with van der Waals surface area (Å²) in [6.45, 7) is 5.39. The van der Waals surface area contributed by atoms with Crippen LogP contribution in [-0.4, -0.2) is 35.0 Å². The van der Waals surface area contributed by atoms with Crippen molar-refractivity contribution in [2.24, 2.45) is 16.7 Å². The second-order valence-corrected chi connectivity index (χ2v) is 8.83. The Morgan fingerprint density at radius 2 is 1.75 bits per heavy atom. The number of rotatable bonds is 4. The summed E-state index contributed by atoms with van der Waals surface area (Å²) < 4.78 is 0. The quantitative estimate of drug-likeness (QED) is 0.833. The summed E-state index contributed by atoms with van der Waals surface area (Å²) in [4.78, 5) is 26.4. The zero-order valence-electron chi connectivity index (χ0n) is 16.9. The van der Waals surface area contributed by atoms with Crippen LogP contribution in [0.3, 0.4) is 0 Å². The van der Waals surface area contributed by atoms with Gasteiger partial charge < -0.3 is 10.0 Å². The molecule has 1 aromatic carbocycles. The van der Waals surface area contributed by atoms with Gasteiger partial charge in [0.25, 0.3) is 5.91 Å². The minimum absolute atomic E-state index is 0.0393. The average molecular weight is 383 g/mol. The first-order valence-corrected chi connectivity index (χ1v) is 10.4. The fraction of sp³-hybridized carbons (Fsp3) is 0.609. The Bertz CT molecular complexity index is 762. The van der Waals surface area contributed by atoms with Gasteiger partial charge in [0, 0.05) is 18.7 Å². The van der Waals surface area contributed by atoms with Gasteiger partial charge in [-0.2, -0.15) is 5.26 Å². The first-order valence-electron chi connectivity index (χ1n) is 10.4. The first kappa shape index (κ1) is 20.4. The third kappa shape index (κ3) is 3.78. The minimum Gasteiger partial charge on any atom is -0.481 e. The molecule has 0 bridgehead atoms. The predicted molar refractivity (Wildman–Crippen MR) is 107 cm³/mol. The Morgan fingerprint density at radius 1 is 1.18 bits per heavy atom. The highest BCUT2D eigenvalue weighted by Gasteiger charge is 2.46. The standard InChI is InChI=1S/C23H30N2O3/c1-3-22(2,21(27)28)19-8-10-23(11-9-19)12-14-25(15-13-23)20(26)18-6-4-17(16-24)5-7-18/h4-7,19H,3,8-15H2,1-2H3,(H,27,28). The van der Waals surface area contributed by atoms with Crippen molar-refractivity contribution in [3.8, 4) is 6.07 Å². The van der Waals surface area contributed by atoms with Crippen molar-refractivity contribution in [3.05, 3.63) is 35.4 Å². The van der Waals surface area contributed by atoms with E-state index >= 15 is 0 Å². The van der Waals surface area contributed by atoms with E-state index in [1.54, 1.807) is 24.3 Å². The van der Waals surface area contributed by atoms with E-state index < -0.39 is 11.4 Å². The molecule has 3 rings (SSSR count). The first-order chi connectivity index (χ1) is 13.3. The van der Waals surface area contributed by atoms with E-state index in [2.05, 4.69) is 6.07 Å². The van der Waals surface area contributed by atoms with Gasteiger partial charge in [0.1, 0.15) is 0 Å². The number of hydrogen-bond acceptors (Lipinski definition) is 3. The predicted octanol–water partition coefficient (Wildman–Crippen LogP) is 4.47. The molecule has 5 heteroatoms. The topological polar surface area (TPSA) is 81.4 Å². The highest BCUT2D eigenvalue weighted by Crippen LogP contribution is 2.51. The lowest BCUT2D eigenvalue weighted by Crippen LogP contribution is -2.46. The summed E-state index contributed by atoms with van der Waals surface area (Å²) in [5.41, 5.74) is 0.851. The van der Waals surface area contributed by atoms with Gasteiger partial charge in [-0.05, 0) is 87.5 Å². The van der Waals surface area contributed by atoms with Gasteiger partial charge in [-0.1, -0.05) is 6.92 Å². The van der Waals surface area contributed by atoms with E-state index in [1.807, 2.05) is 18.7 Å². The highest BCUT2D eigenvalue weighted by molar-refractivity contribution is 5.94. The monoisotopic (exact) mass is 382 g/mol. The number of nitriles is 1. The van der Waals surface area contributed by atoms with Crippen molar-refractivity contribution < 1.29 is 14.7 Å². The number of likely N-dealkylation sites (tertiary alicyclic amines) is 1. The molecule has 2 fully saturated rings. The summed E-state index contributed by atoms with van der Waals surface area (Å²) in [7, 11) is 0. The maximum Gasteiger partial charge on any atom is 0.309 e. The molecule has 1 atom stereocenters. The summed E-state index contributed by atoms with van der Waals surface area (Å²) in [5, 5.41) is 18.6. The summed E-state index contributed by atoms with van der Waals surface area (Å²) in [6, 6.07) is 8.91. The molecule has 1 amide bonds. The Hall–Kier alpha value is -2.35. The minimum atomic E-state index is -0.668. The fourth-order valence-electron chi connectivity index (χ4n) is 5.04. The third-order valence-corrected chi connectivity index (χ3v) is 7.54. The molecular formula is C23H30N2O3. The van der Waals surface area contributed by atoms with Crippen molar-refractivity contribution in [2.45, 2.75) is 58.8 Å². The van der Waals surface area contributed by atoms with E-state index in [0.717, 1.165) is 51.6 Å². The second-order valence-electron chi connectivity index (χ2n) is 8.83. The second kappa shape index (κ2) is 7.95. The average Bonchev–Trinajstić information content (AvgIpc) is 2.73. The summed E-state index contributed by atoms with van der Waals surface area (Å²) >= 11 is 0. The molecule has 1 unspecified atom stereocenters. The zero-order chi connectivity index (χ0) is 20.4. The number of piperidine rings is 1. The molecule has 1 aliphatic heterocycles. The smallest absolute Gasteiger partial charge is 0.309 e. The number of nitrogens with zero attached hydrogens (tertiary/aromatic N) is 2. The van der Waals surface area contributed by atoms with E-state index in [4.69, 9.17) is 5.26 Å². The Kier molecular flexibility index (Phi) is 5.79. The number of hydrogen-bond donors (Lipinski definition) is 1. The Morgan fingerprint density at radius 3 is 2.21 bits per heavy atom. The van der Waals surface area contributed by atoms with E-state index in [1.165, 1.54) is 0 Å². The van der Waals surface area contributed by atoms with Crippen molar-refractivity contribution in [1.29, 1.82) is 5.26 Å². The van der Waals surface area contributed by atoms with Crippen LogP contribution >= 0.6 is 0 Å². The SMILES string of the molecule is CCC(C)(C(=O)O)C1CCC2(CC1)CCN(C(=O)c1ccc(C#N)cc1)CC2. The fourth-order valence-corrected chi connectivity index (χ4v) is 5.04. The Balaban J connectivity index is 1.57. The normalized spacial score (nSPS) is 21.7. The molecule has 5 nitrogen and oxygen atoms in total. The molecule has 0 aromatic heterocycles. The number of amides is 1. The van der Waals surface area contributed by atoms with Crippen LogP contribution in [0.1, 0.15) is 74.7 Å². The van der Waals surface area contributed by atoms with Gasteiger partial charge in [0.15, 0.2) is 0 Å². The van der Waals surface area contributed by atoms with Crippen molar-refractivity contribution >= 4 is 11.9 Å². The van der Waals surface area contributed by atoms with Crippen LogP contribution in [0.4, 0.5) is 0 Å². The van der Waals surface area contributed by atoms with Crippen LogP contribution in [0, 0.1) is 28.1 Å². The van der Waals surface area contributed by atoms with Crippen LogP contribution in [0.25, 0.3) is 0 Å². The molecule has 1 aromatic rings. The molecule has 150 valence electrons. The highest BCUT2D eigenvalue weighted by atomic mass is 16.4. The molecule has 1 heterocycles. The van der Waals surface area contributed by atoms with E-state index in [-0.39, 0.29) is 17.2 Å². The van der Waals surface area contributed by atoms with Gasteiger partial charge in [0.2, 0.25) is 0 Å². The molecule has 0 radical (unpaired) electrons. The number of carboxylic acids is 1. The van der Waals surface area contributed by atoms with E-state index in [0.29, 0.717) is 17.5 Å². The van der Waals surface area contributed by atoms with Crippen LogP contribution < -0.4 is 0 Å². The number of carboxylic acid groups (broad SMARTS) is 1. The van der Waals surface area contributed by atoms with Gasteiger partial charge >= 0.3 is 5.97 Å².